The zero-order valence-corrected chi connectivity index (χ0v) is 12.2. The number of benzene rings is 2. The van der Waals surface area contributed by atoms with E-state index in [4.69, 9.17) is 11.0 Å². The van der Waals surface area contributed by atoms with Crippen LogP contribution in [0.3, 0.4) is 0 Å². The number of nitrogens with zero attached hydrogens (tertiary/aromatic N) is 2. The maximum atomic E-state index is 13.7. The Kier molecular flexibility index (Phi) is 5.32. The smallest absolute Gasteiger partial charge is 0.144 e. The van der Waals surface area contributed by atoms with Gasteiger partial charge in [-0.15, -0.1) is 0 Å². The van der Waals surface area contributed by atoms with Gasteiger partial charge in [-0.3, -0.25) is 4.99 Å². The molecule has 0 saturated carbocycles. The average molecular weight is 333 g/mol. The van der Waals surface area contributed by atoms with Crippen molar-refractivity contribution in [1.82, 2.24) is 0 Å². The van der Waals surface area contributed by atoms with Crippen molar-refractivity contribution in [2.45, 2.75) is 6.54 Å². The summed E-state index contributed by atoms with van der Waals surface area (Å²) in [6, 6.07) is 6.70. The van der Waals surface area contributed by atoms with E-state index in [0.29, 0.717) is 0 Å². The van der Waals surface area contributed by atoms with Gasteiger partial charge < -0.3 is 5.73 Å². The van der Waals surface area contributed by atoms with E-state index >= 15 is 0 Å². The molecule has 0 aliphatic heterocycles. The Morgan fingerprint density at radius 1 is 1.08 bits per heavy atom. The Labute approximate surface area is 135 Å². The molecule has 2 N–H and O–H groups in total. The molecule has 0 unspecified atom stereocenters. The quantitative estimate of drug-likeness (QED) is 0.685. The summed E-state index contributed by atoms with van der Waals surface area (Å²) in [5, 5.41) is 8.60. The zero-order chi connectivity index (χ0) is 17.7. The summed E-state index contributed by atoms with van der Waals surface area (Å²) in [6.45, 7) is -0.160. The second-order valence-corrected chi connectivity index (χ2v) is 4.73. The lowest BCUT2D eigenvalue weighted by Gasteiger charge is -2.05. The Bertz CT molecular complexity index is 823. The summed E-state index contributed by atoms with van der Waals surface area (Å²) in [4.78, 5) is 3.89. The number of nitrogens with two attached hydrogens (primary N) is 1. The number of nitriles is 1. The fourth-order valence-corrected chi connectivity index (χ4v) is 2.04. The van der Waals surface area contributed by atoms with Gasteiger partial charge in [0.2, 0.25) is 0 Å². The molecule has 0 fully saturated rings. The van der Waals surface area contributed by atoms with Crippen LogP contribution in [0.2, 0.25) is 0 Å². The van der Waals surface area contributed by atoms with Gasteiger partial charge in [0.15, 0.2) is 0 Å². The van der Waals surface area contributed by atoms with Gasteiger partial charge in [0.05, 0.1) is 12.1 Å². The molecule has 0 aromatic heterocycles. The third-order valence-electron chi connectivity index (χ3n) is 3.15. The van der Waals surface area contributed by atoms with Crippen LogP contribution in [-0.2, 0) is 6.54 Å². The Morgan fingerprint density at radius 2 is 1.67 bits per heavy atom. The number of rotatable bonds is 4. The van der Waals surface area contributed by atoms with Crippen molar-refractivity contribution in [2.24, 2.45) is 10.7 Å². The first-order valence-corrected chi connectivity index (χ1v) is 6.72. The predicted octanol–water partition coefficient (Wildman–Crippen LogP) is 3.69. The highest BCUT2D eigenvalue weighted by Gasteiger charge is 2.12. The predicted molar refractivity (Wildman–Crippen MR) is 81.8 cm³/mol. The first-order chi connectivity index (χ1) is 11.5. The average Bonchev–Trinajstić information content (AvgIpc) is 2.53. The van der Waals surface area contributed by atoms with E-state index in [9.17, 15) is 17.6 Å². The summed E-state index contributed by atoms with van der Waals surface area (Å²) >= 11 is 0. The summed E-state index contributed by atoms with van der Waals surface area (Å²) in [5.74, 6) is -3.63. The largest absolute Gasteiger partial charge is 0.404 e. The Morgan fingerprint density at radius 3 is 2.17 bits per heavy atom. The molecule has 0 heterocycles. The molecule has 3 nitrogen and oxygen atoms in total. The van der Waals surface area contributed by atoms with Crippen LogP contribution in [0, 0.1) is 34.6 Å². The fourth-order valence-electron chi connectivity index (χ4n) is 2.04. The second-order valence-electron chi connectivity index (χ2n) is 4.73. The van der Waals surface area contributed by atoms with Crippen molar-refractivity contribution in [3.8, 4) is 6.07 Å². The van der Waals surface area contributed by atoms with Crippen LogP contribution in [-0.4, -0.2) is 6.21 Å². The fraction of sp³-hybridized carbons (Fsp3) is 0.0588. The molecule has 0 bridgehead atoms. The summed E-state index contributed by atoms with van der Waals surface area (Å²) < 4.78 is 54.4. The first-order valence-electron chi connectivity index (χ1n) is 6.72. The third kappa shape index (κ3) is 3.60. The number of hydrogen-bond donors (Lipinski definition) is 1. The molecule has 0 amide bonds. The molecular weight excluding hydrogens is 322 g/mol. The molecule has 122 valence electrons. The molecule has 0 atom stereocenters. The Hall–Kier alpha value is -3.14. The lowest BCUT2D eigenvalue weighted by atomic mass is 10.1. The van der Waals surface area contributed by atoms with Gasteiger partial charge in [-0.2, -0.15) is 5.26 Å². The molecular formula is C17H11F4N3. The third-order valence-corrected chi connectivity index (χ3v) is 3.15. The Balaban J connectivity index is 2.24. The van der Waals surface area contributed by atoms with Crippen LogP contribution in [0.4, 0.5) is 17.6 Å². The summed E-state index contributed by atoms with van der Waals surface area (Å²) in [7, 11) is 0. The van der Waals surface area contributed by atoms with Crippen LogP contribution in [0.5, 0.6) is 0 Å². The highest BCUT2D eigenvalue weighted by Crippen LogP contribution is 2.20. The van der Waals surface area contributed by atoms with Crippen molar-refractivity contribution in [3.05, 3.63) is 76.5 Å². The van der Waals surface area contributed by atoms with Crippen molar-refractivity contribution in [1.29, 1.82) is 5.26 Å². The maximum Gasteiger partial charge on any atom is 0.144 e. The summed E-state index contributed by atoms with van der Waals surface area (Å²) in [6.07, 6.45) is 2.08. The van der Waals surface area contributed by atoms with Gasteiger partial charge >= 0.3 is 0 Å². The minimum Gasteiger partial charge on any atom is -0.404 e. The standard InChI is InChI=1S/C17H11F4N3/c18-13-2-1-3-14(19)17(13)11(6-22)9-24-8-10-4-15(20)12(7-23)16(21)5-10/h1-6,9H,8,22H2/b11-6+,24-9?. The van der Waals surface area contributed by atoms with Gasteiger partial charge in [0.25, 0.3) is 0 Å². The lowest BCUT2D eigenvalue weighted by Crippen LogP contribution is -1.99. The number of hydrogen-bond acceptors (Lipinski definition) is 3. The highest BCUT2D eigenvalue weighted by molar-refractivity contribution is 6.09. The van der Waals surface area contributed by atoms with Gasteiger partial charge in [-0.25, -0.2) is 17.6 Å². The van der Waals surface area contributed by atoms with E-state index in [1.807, 2.05) is 0 Å². The molecule has 2 aromatic carbocycles. The second kappa shape index (κ2) is 7.42. The lowest BCUT2D eigenvalue weighted by molar-refractivity contribution is 0.573. The van der Waals surface area contributed by atoms with E-state index in [1.165, 1.54) is 12.1 Å². The first kappa shape index (κ1) is 17.2. The molecule has 2 aromatic rings. The number of aliphatic imine (C=N–C) groups is 1. The van der Waals surface area contributed by atoms with E-state index in [-0.39, 0.29) is 23.2 Å². The van der Waals surface area contributed by atoms with Crippen LogP contribution < -0.4 is 5.73 Å². The van der Waals surface area contributed by atoms with E-state index in [0.717, 1.165) is 36.7 Å². The van der Waals surface area contributed by atoms with Crippen molar-refractivity contribution in [3.63, 3.8) is 0 Å². The SMILES string of the molecule is N#Cc1c(F)cc(CN=C/C(=C\N)c2c(F)cccc2F)cc1F. The molecule has 0 aliphatic carbocycles. The van der Waals surface area contributed by atoms with E-state index < -0.39 is 28.8 Å². The van der Waals surface area contributed by atoms with Gasteiger partial charge in [0, 0.05) is 18.0 Å². The minimum absolute atomic E-state index is 0.0137. The molecule has 0 aliphatic rings. The molecule has 2 rings (SSSR count). The van der Waals surface area contributed by atoms with Gasteiger partial charge in [0.1, 0.15) is 34.9 Å². The highest BCUT2D eigenvalue weighted by atomic mass is 19.1. The minimum atomic E-state index is -1.00. The van der Waals surface area contributed by atoms with Crippen molar-refractivity contribution >= 4 is 11.8 Å². The maximum absolute atomic E-state index is 13.7. The van der Waals surface area contributed by atoms with Crippen molar-refractivity contribution in [2.75, 3.05) is 0 Å². The van der Waals surface area contributed by atoms with Crippen LogP contribution in [0.15, 0.2) is 41.5 Å². The van der Waals surface area contributed by atoms with Crippen LogP contribution in [0.25, 0.3) is 5.57 Å². The van der Waals surface area contributed by atoms with Gasteiger partial charge in [-0.1, -0.05) is 6.07 Å². The van der Waals surface area contributed by atoms with E-state index in [2.05, 4.69) is 4.99 Å². The number of halogens is 4. The summed E-state index contributed by atoms with van der Waals surface area (Å²) in [5.41, 5.74) is 4.48. The van der Waals surface area contributed by atoms with Crippen molar-refractivity contribution < 1.29 is 17.6 Å². The molecule has 0 radical (unpaired) electrons. The molecule has 24 heavy (non-hydrogen) atoms. The monoisotopic (exact) mass is 333 g/mol. The van der Waals surface area contributed by atoms with Crippen LogP contribution in [0.1, 0.15) is 16.7 Å². The molecule has 0 saturated heterocycles. The molecule has 7 heteroatoms. The topological polar surface area (TPSA) is 62.2 Å². The van der Waals surface area contributed by atoms with Crippen LogP contribution >= 0.6 is 0 Å². The normalized spacial score (nSPS) is 11.7. The van der Waals surface area contributed by atoms with Gasteiger partial charge in [-0.05, 0) is 29.8 Å². The zero-order valence-electron chi connectivity index (χ0n) is 12.2. The molecule has 0 spiro atoms. The number of allylic oxidation sites excluding steroid dienone is 1. The van der Waals surface area contributed by atoms with E-state index in [1.54, 1.807) is 0 Å².